The van der Waals surface area contributed by atoms with Gasteiger partial charge in [0.2, 0.25) is 0 Å². The lowest BCUT2D eigenvalue weighted by Gasteiger charge is -1.99. The Balaban J connectivity index is 2.63. The highest BCUT2D eigenvalue weighted by Gasteiger charge is 1.83. The lowest BCUT2D eigenvalue weighted by molar-refractivity contribution is 0.253. The average Bonchev–Trinajstić information content (AvgIpc) is 1.35. The zero-order valence-corrected chi connectivity index (χ0v) is 3.94. The molecule has 0 heterocycles. The van der Waals surface area contributed by atoms with Crippen LogP contribution in [0.5, 0.6) is 0 Å². The summed E-state index contributed by atoms with van der Waals surface area (Å²) in [6, 6.07) is 0.148. The maximum absolute atomic E-state index is 8.09. The fraction of sp³-hybridized carbons (Fsp3) is 0.750. The smallest absolute Gasteiger partial charge is 0.0933 e. The molecule has 0 fully saturated rings. The van der Waals surface area contributed by atoms with Crippen LogP contribution >= 0.6 is 0 Å². The summed E-state index contributed by atoms with van der Waals surface area (Å²) in [5.74, 6) is 0. The molecule has 0 aliphatic rings. The van der Waals surface area contributed by atoms with Gasteiger partial charge in [-0.15, -0.1) is 0 Å². The second-order valence-corrected chi connectivity index (χ2v) is 1.26. The monoisotopic (exact) mass is 88.1 g/mol. The third kappa shape index (κ3) is 3.92. The predicted octanol–water partition coefficient (Wildman–Crippen LogP) is -0.252. The molecular formula is C4H10NO. The number of nitrogens with one attached hydrogen (secondary N) is 1. The second-order valence-electron chi connectivity index (χ2n) is 1.26. The summed E-state index contributed by atoms with van der Waals surface area (Å²) in [5.41, 5.74) is 0. The molecule has 0 aromatic carbocycles. The molecule has 0 aromatic rings. The van der Waals surface area contributed by atoms with Gasteiger partial charge in [-0.1, -0.05) is 0 Å². The third-order valence-corrected chi connectivity index (χ3v) is 0.440. The van der Waals surface area contributed by atoms with E-state index in [2.05, 4.69) is 12.2 Å². The van der Waals surface area contributed by atoms with Crippen molar-refractivity contribution >= 4 is 0 Å². The minimum Gasteiger partial charge on any atom is -0.381 e. The zero-order valence-electron chi connectivity index (χ0n) is 3.94. The van der Waals surface area contributed by atoms with E-state index in [0.29, 0.717) is 0 Å². The molecule has 0 aromatic heterocycles. The van der Waals surface area contributed by atoms with Crippen LogP contribution < -0.4 is 5.32 Å². The molecule has 1 radical (unpaired) electrons. The van der Waals surface area contributed by atoms with E-state index in [0.717, 1.165) is 0 Å². The van der Waals surface area contributed by atoms with Crippen LogP contribution in [0.2, 0.25) is 0 Å². The summed E-state index contributed by atoms with van der Waals surface area (Å²) in [6.45, 7) is 5.45. The molecule has 0 aliphatic carbocycles. The molecule has 2 nitrogen and oxygen atoms in total. The second kappa shape index (κ2) is 3.12. The maximum Gasteiger partial charge on any atom is 0.0933 e. The number of rotatable bonds is 2. The largest absolute Gasteiger partial charge is 0.381 e. The van der Waals surface area contributed by atoms with Crippen LogP contribution in [0.1, 0.15) is 6.92 Å². The van der Waals surface area contributed by atoms with Gasteiger partial charge in [-0.05, 0) is 13.8 Å². The van der Waals surface area contributed by atoms with Crippen molar-refractivity contribution in [1.82, 2.24) is 5.32 Å². The Morgan fingerprint density at radius 1 is 2.00 bits per heavy atom. The Kier molecular flexibility index (Phi) is 3.08. The van der Waals surface area contributed by atoms with E-state index < -0.39 is 0 Å². The van der Waals surface area contributed by atoms with E-state index >= 15 is 0 Å². The van der Waals surface area contributed by atoms with Crippen molar-refractivity contribution < 1.29 is 5.11 Å². The van der Waals surface area contributed by atoms with Gasteiger partial charge in [-0.2, -0.15) is 0 Å². The van der Waals surface area contributed by atoms with Gasteiger partial charge in [0.1, 0.15) is 0 Å². The Hall–Kier alpha value is -0.0800. The summed E-state index contributed by atoms with van der Waals surface area (Å²) in [6.07, 6.45) is 0. The van der Waals surface area contributed by atoms with E-state index in [4.69, 9.17) is 5.11 Å². The van der Waals surface area contributed by atoms with Gasteiger partial charge in [0, 0.05) is 6.04 Å². The first-order valence-corrected chi connectivity index (χ1v) is 1.94. The molecular weight excluding hydrogens is 78.0 g/mol. The Morgan fingerprint density at radius 3 is 2.50 bits per heavy atom. The zero-order chi connectivity index (χ0) is 4.99. The van der Waals surface area contributed by atoms with Crippen LogP contribution in [0.15, 0.2) is 0 Å². The normalized spacial score (nSPS) is 10.0. The molecule has 1 atom stereocenters. The number of aliphatic hydroxyl groups excluding tert-OH is 1. The van der Waals surface area contributed by atoms with Gasteiger partial charge in [0.25, 0.3) is 0 Å². The van der Waals surface area contributed by atoms with Crippen LogP contribution in [-0.4, -0.2) is 17.9 Å². The van der Waals surface area contributed by atoms with Gasteiger partial charge in [0.15, 0.2) is 0 Å². The topological polar surface area (TPSA) is 32.3 Å². The van der Waals surface area contributed by atoms with Gasteiger partial charge < -0.3 is 5.11 Å². The molecule has 2 heteroatoms. The first kappa shape index (κ1) is 5.92. The van der Waals surface area contributed by atoms with E-state index in [9.17, 15) is 0 Å². The van der Waals surface area contributed by atoms with Gasteiger partial charge in [0.05, 0.1) is 6.73 Å². The minimum atomic E-state index is 0.0185. The highest BCUT2D eigenvalue weighted by molar-refractivity contribution is 4.56. The molecule has 0 spiro atoms. The molecule has 37 valence electrons. The maximum atomic E-state index is 8.09. The van der Waals surface area contributed by atoms with Crippen molar-refractivity contribution in [1.29, 1.82) is 0 Å². The van der Waals surface area contributed by atoms with E-state index in [1.807, 2.05) is 6.92 Å². The number of aliphatic hydroxyl groups is 1. The molecule has 0 aliphatic heterocycles. The van der Waals surface area contributed by atoms with E-state index in [1.165, 1.54) is 0 Å². The fourth-order valence-corrected chi connectivity index (χ4v) is 0.156. The highest BCUT2D eigenvalue weighted by Crippen LogP contribution is 1.68. The molecule has 0 saturated heterocycles. The summed E-state index contributed by atoms with van der Waals surface area (Å²) in [7, 11) is 0. The minimum absolute atomic E-state index is 0.0185. The molecule has 0 rings (SSSR count). The number of hydrogen-bond acceptors (Lipinski definition) is 2. The summed E-state index contributed by atoms with van der Waals surface area (Å²) in [4.78, 5) is 0. The first-order chi connectivity index (χ1) is 2.77. The Labute approximate surface area is 38.2 Å². The van der Waals surface area contributed by atoms with Crippen molar-refractivity contribution in [2.24, 2.45) is 0 Å². The van der Waals surface area contributed by atoms with E-state index in [-0.39, 0.29) is 12.8 Å². The lowest BCUT2D eigenvalue weighted by atomic mass is 10.4. The average molecular weight is 88.1 g/mol. The SMILES string of the molecule is [CH2]C(C)NCO. The molecule has 0 saturated carbocycles. The predicted molar refractivity (Wildman–Crippen MR) is 25.0 cm³/mol. The molecule has 0 bridgehead atoms. The first-order valence-electron chi connectivity index (χ1n) is 1.94. The molecule has 6 heavy (non-hydrogen) atoms. The molecule has 1 unspecified atom stereocenters. The van der Waals surface area contributed by atoms with E-state index in [1.54, 1.807) is 0 Å². The van der Waals surface area contributed by atoms with Crippen LogP contribution in [0.4, 0.5) is 0 Å². The fourth-order valence-electron chi connectivity index (χ4n) is 0.156. The van der Waals surface area contributed by atoms with Crippen molar-refractivity contribution in [2.75, 3.05) is 6.73 Å². The quantitative estimate of drug-likeness (QED) is 0.456. The highest BCUT2D eigenvalue weighted by atomic mass is 16.3. The van der Waals surface area contributed by atoms with Crippen molar-refractivity contribution in [3.05, 3.63) is 6.92 Å². The Morgan fingerprint density at radius 2 is 2.50 bits per heavy atom. The molecule has 2 N–H and O–H groups in total. The number of hydrogen-bond donors (Lipinski definition) is 2. The summed E-state index contributed by atoms with van der Waals surface area (Å²) < 4.78 is 0. The van der Waals surface area contributed by atoms with Crippen LogP contribution in [0.3, 0.4) is 0 Å². The summed E-state index contributed by atoms with van der Waals surface area (Å²) in [5, 5.41) is 10.7. The van der Waals surface area contributed by atoms with Gasteiger partial charge in [-0.3, -0.25) is 5.32 Å². The Bertz CT molecular complexity index is 28.7. The van der Waals surface area contributed by atoms with Gasteiger partial charge in [-0.25, -0.2) is 0 Å². The third-order valence-electron chi connectivity index (χ3n) is 0.440. The molecule has 0 amide bonds. The van der Waals surface area contributed by atoms with Crippen molar-refractivity contribution in [3.63, 3.8) is 0 Å². The van der Waals surface area contributed by atoms with Crippen LogP contribution in [0.25, 0.3) is 0 Å². The van der Waals surface area contributed by atoms with Crippen LogP contribution in [-0.2, 0) is 0 Å². The van der Waals surface area contributed by atoms with Crippen molar-refractivity contribution in [2.45, 2.75) is 13.0 Å². The summed E-state index contributed by atoms with van der Waals surface area (Å²) >= 11 is 0. The van der Waals surface area contributed by atoms with Crippen LogP contribution in [0, 0.1) is 6.92 Å². The standard InChI is InChI=1S/C4H10NO/c1-4(2)5-3-6/h4-6H,1,3H2,2H3. The van der Waals surface area contributed by atoms with Gasteiger partial charge >= 0.3 is 0 Å². The van der Waals surface area contributed by atoms with Crippen molar-refractivity contribution in [3.8, 4) is 0 Å². The lowest BCUT2D eigenvalue weighted by Crippen LogP contribution is -2.23.